The van der Waals surface area contributed by atoms with Crippen LogP contribution in [0.3, 0.4) is 0 Å². The van der Waals surface area contributed by atoms with E-state index >= 15 is 0 Å². The molecule has 0 heterocycles. The highest BCUT2D eigenvalue weighted by atomic mass is 35.5. The molecule has 0 radical (unpaired) electrons. The lowest BCUT2D eigenvalue weighted by Gasteiger charge is -2.22. The minimum absolute atomic E-state index is 0.222. The molecular formula is C16H17ClFN. The summed E-state index contributed by atoms with van der Waals surface area (Å²) in [6.45, 7) is 4.76. The zero-order chi connectivity index (χ0) is 13.8. The van der Waals surface area contributed by atoms with E-state index in [2.05, 4.69) is 5.32 Å². The van der Waals surface area contributed by atoms with Gasteiger partial charge in [0.1, 0.15) is 5.82 Å². The van der Waals surface area contributed by atoms with Gasteiger partial charge in [-0.15, -0.1) is 0 Å². The Kier molecular flexibility index (Phi) is 4.56. The van der Waals surface area contributed by atoms with Gasteiger partial charge in [0.25, 0.3) is 0 Å². The number of hydrogen-bond donors (Lipinski definition) is 1. The lowest BCUT2D eigenvalue weighted by molar-refractivity contribution is 0.558. The molecule has 1 atom stereocenters. The van der Waals surface area contributed by atoms with Crippen LogP contribution in [0.15, 0.2) is 42.5 Å². The summed E-state index contributed by atoms with van der Waals surface area (Å²) < 4.78 is 14.1. The quantitative estimate of drug-likeness (QED) is 0.868. The lowest BCUT2D eigenvalue weighted by Crippen LogP contribution is -2.24. The number of rotatable bonds is 4. The summed E-state index contributed by atoms with van der Waals surface area (Å²) >= 11 is 6.18. The molecule has 19 heavy (non-hydrogen) atoms. The first-order chi connectivity index (χ1) is 9.15. The van der Waals surface area contributed by atoms with E-state index in [1.165, 1.54) is 6.07 Å². The Morgan fingerprint density at radius 3 is 2.53 bits per heavy atom. The molecule has 1 unspecified atom stereocenters. The number of hydrogen-bond acceptors (Lipinski definition) is 1. The Labute approximate surface area is 118 Å². The molecule has 3 heteroatoms. The standard InChI is InChI=1S/C16H17ClFN/c1-3-19-16(12-8-5-4-7-11(12)2)15-13(17)9-6-10-14(15)18/h4-10,16,19H,3H2,1-2H3. The molecule has 0 saturated carbocycles. The normalized spacial score (nSPS) is 12.4. The molecule has 0 aliphatic carbocycles. The van der Waals surface area contributed by atoms with Gasteiger partial charge < -0.3 is 5.32 Å². The monoisotopic (exact) mass is 277 g/mol. The second-order valence-corrected chi connectivity index (χ2v) is 4.89. The molecule has 2 rings (SSSR count). The molecule has 0 aliphatic heterocycles. The predicted octanol–water partition coefficient (Wildman–Crippen LogP) is 4.49. The fourth-order valence-electron chi connectivity index (χ4n) is 2.27. The van der Waals surface area contributed by atoms with Gasteiger partial charge in [-0.05, 0) is 36.7 Å². The molecule has 0 saturated heterocycles. The average Bonchev–Trinajstić information content (AvgIpc) is 2.38. The third-order valence-electron chi connectivity index (χ3n) is 3.20. The molecule has 0 amide bonds. The van der Waals surface area contributed by atoms with Crippen LogP contribution in [0, 0.1) is 12.7 Å². The maximum atomic E-state index is 14.1. The van der Waals surface area contributed by atoms with Gasteiger partial charge in [0.2, 0.25) is 0 Å². The van der Waals surface area contributed by atoms with E-state index in [0.717, 1.165) is 17.7 Å². The zero-order valence-electron chi connectivity index (χ0n) is 11.1. The first-order valence-corrected chi connectivity index (χ1v) is 6.75. The Hall–Kier alpha value is -1.38. The Bertz CT molecular complexity index is 548. The van der Waals surface area contributed by atoms with Crippen molar-refractivity contribution in [2.75, 3.05) is 6.54 Å². The number of benzene rings is 2. The van der Waals surface area contributed by atoms with Gasteiger partial charge in [0, 0.05) is 10.6 Å². The first kappa shape index (κ1) is 14.0. The molecule has 100 valence electrons. The van der Waals surface area contributed by atoms with Crippen LogP contribution in [-0.2, 0) is 0 Å². The Balaban J connectivity index is 2.55. The van der Waals surface area contributed by atoms with Crippen molar-refractivity contribution in [3.05, 3.63) is 70.0 Å². The van der Waals surface area contributed by atoms with Crippen LogP contribution in [0.2, 0.25) is 5.02 Å². The van der Waals surface area contributed by atoms with E-state index < -0.39 is 0 Å². The van der Waals surface area contributed by atoms with E-state index in [0.29, 0.717) is 10.6 Å². The van der Waals surface area contributed by atoms with Gasteiger partial charge in [-0.2, -0.15) is 0 Å². The average molecular weight is 278 g/mol. The van der Waals surface area contributed by atoms with Crippen molar-refractivity contribution in [1.29, 1.82) is 0 Å². The molecule has 0 fully saturated rings. The number of nitrogens with one attached hydrogen (secondary N) is 1. The third-order valence-corrected chi connectivity index (χ3v) is 3.53. The van der Waals surface area contributed by atoms with Crippen molar-refractivity contribution < 1.29 is 4.39 Å². The van der Waals surface area contributed by atoms with Crippen LogP contribution in [0.1, 0.15) is 29.7 Å². The van der Waals surface area contributed by atoms with Crippen molar-refractivity contribution in [2.24, 2.45) is 0 Å². The van der Waals surface area contributed by atoms with Crippen molar-refractivity contribution in [3.8, 4) is 0 Å². The maximum Gasteiger partial charge on any atom is 0.129 e. The molecule has 1 nitrogen and oxygen atoms in total. The molecule has 1 N–H and O–H groups in total. The summed E-state index contributed by atoms with van der Waals surface area (Å²) in [6.07, 6.45) is 0. The third kappa shape index (κ3) is 2.96. The second-order valence-electron chi connectivity index (χ2n) is 4.48. The number of halogens is 2. The topological polar surface area (TPSA) is 12.0 Å². The van der Waals surface area contributed by atoms with Crippen molar-refractivity contribution in [3.63, 3.8) is 0 Å². The molecule has 0 aliphatic rings. The Morgan fingerprint density at radius 1 is 1.16 bits per heavy atom. The molecule has 2 aromatic carbocycles. The van der Waals surface area contributed by atoms with Gasteiger partial charge >= 0.3 is 0 Å². The highest BCUT2D eigenvalue weighted by Crippen LogP contribution is 2.31. The minimum Gasteiger partial charge on any atom is -0.306 e. The number of aryl methyl sites for hydroxylation is 1. The lowest BCUT2D eigenvalue weighted by atomic mass is 9.94. The largest absolute Gasteiger partial charge is 0.306 e. The SMILES string of the molecule is CCNC(c1ccccc1C)c1c(F)cccc1Cl. The van der Waals surface area contributed by atoms with E-state index in [1.54, 1.807) is 12.1 Å². The maximum absolute atomic E-state index is 14.1. The smallest absolute Gasteiger partial charge is 0.129 e. The highest BCUT2D eigenvalue weighted by Gasteiger charge is 2.21. The molecule has 0 bridgehead atoms. The van der Waals surface area contributed by atoms with E-state index in [-0.39, 0.29) is 11.9 Å². The minimum atomic E-state index is -0.276. The molecule has 0 aromatic heterocycles. The Morgan fingerprint density at radius 2 is 1.89 bits per heavy atom. The summed E-state index contributed by atoms with van der Waals surface area (Å²) in [5.41, 5.74) is 2.68. The van der Waals surface area contributed by atoms with Crippen molar-refractivity contribution >= 4 is 11.6 Å². The molecular weight excluding hydrogens is 261 g/mol. The van der Waals surface area contributed by atoms with Crippen LogP contribution in [0.25, 0.3) is 0 Å². The van der Waals surface area contributed by atoms with E-state index in [9.17, 15) is 4.39 Å². The van der Waals surface area contributed by atoms with E-state index in [1.807, 2.05) is 38.1 Å². The second kappa shape index (κ2) is 6.18. The van der Waals surface area contributed by atoms with Crippen LogP contribution in [-0.4, -0.2) is 6.54 Å². The van der Waals surface area contributed by atoms with E-state index in [4.69, 9.17) is 11.6 Å². The van der Waals surface area contributed by atoms with Crippen LogP contribution >= 0.6 is 11.6 Å². The van der Waals surface area contributed by atoms with Crippen LogP contribution in [0.4, 0.5) is 4.39 Å². The molecule has 2 aromatic rings. The summed E-state index contributed by atoms with van der Waals surface area (Å²) in [6, 6.07) is 12.5. The summed E-state index contributed by atoms with van der Waals surface area (Å²) in [5, 5.41) is 3.77. The summed E-state index contributed by atoms with van der Waals surface area (Å²) in [4.78, 5) is 0. The molecule has 0 spiro atoms. The van der Waals surface area contributed by atoms with Crippen molar-refractivity contribution in [2.45, 2.75) is 19.9 Å². The summed E-state index contributed by atoms with van der Waals surface area (Å²) in [7, 11) is 0. The van der Waals surface area contributed by atoms with Gasteiger partial charge in [0.05, 0.1) is 6.04 Å². The predicted molar refractivity (Wildman–Crippen MR) is 78.1 cm³/mol. The van der Waals surface area contributed by atoms with Crippen LogP contribution < -0.4 is 5.32 Å². The highest BCUT2D eigenvalue weighted by molar-refractivity contribution is 6.31. The van der Waals surface area contributed by atoms with Gasteiger partial charge in [0.15, 0.2) is 0 Å². The fraction of sp³-hybridized carbons (Fsp3) is 0.250. The van der Waals surface area contributed by atoms with Gasteiger partial charge in [-0.25, -0.2) is 4.39 Å². The van der Waals surface area contributed by atoms with Crippen LogP contribution in [0.5, 0.6) is 0 Å². The van der Waals surface area contributed by atoms with Gasteiger partial charge in [-0.1, -0.05) is 48.9 Å². The van der Waals surface area contributed by atoms with Gasteiger partial charge in [-0.3, -0.25) is 0 Å². The fourth-order valence-corrected chi connectivity index (χ4v) is 2.54. The van der Waals surface area contributed by atoms with Crippen molar-refractivity contribution in [1.82, 2.24) is 5.32 Å². The summed E-state index contributed by atoms with van der Waals surface area (Å²) in [5.74, 6) is -0.276. The first-order valence-electron chi connectivity index (χ1n) is 6.38. The zero-order valence-corrected chi connectivity index (χ0v) is 11.8.